The predicted molar refractivity (Wildman–Crippen MR) is 97.3 cm³/mol. The molecule has 0 saturated heterocycles. The number of aromatic amines is 1. The highest BCUT2D eigenvalue weighted by molar-refractivity contribution is 7.84. The van der Waals surface area contributed by atoms with Gasteiger partial charge in [0.1, 0.15) is 11.6 Å². The Balaban J connectivity index is 2.20. The molecule has 1 heterocycles. The first-order valence-electron chi connectivity index (χ1n) is 8.02. The lowest BCUT2D eigenvalue weighted by Gasteiger charge is -2.31. The van der Waals surface area contributed by atoms with E-state index in [1.54, 1.807) is 31.8 Å². The van der Waals surface area contributed by atoms with Crippen LogP contribution in [0.1, 0.15) is 25.0 Å². The number of nitrogens with zero attached hydrogens (tertiary/aromatic N) is 2. The number of hydrogen-bond donors (Lipinski definition) is 3. The van der Waals surface area contributed by atoms with E-state index < -0.39 is 16.9 Å². The Kier molecular flexibility index (Phi) is 6.98. The van der Waals surface area contributed by atoms with Crippen molar-refractivity contribution in [3.05, 3.63) is 36.3 Å². The number of phenolic OH excluding ortho intramolecular Hbond substituents is 1. The number of anilines is 1. The van der Waals surface area contributed by atoms with E-state index in [4.69, 9.17) is 4.74 Å². The second kappa shape index (κ2) is 8.98. The number of hydrogen-bond acceptors (Lipinski definition) is 6. The molecule has 25 heavy (non-hydrogen) atoms. The molecular formula is C17H25N3O4S. The summed E-state index contributed by atoms with van der Waals surface area (Å²) in [6, 6.07) is 4.80. The third-order valence-corrected chi connectivity index (χ3v) is 5.06. The first-order chi connectivity index (χ1) is 11.9. The second-order valence-electron chi connectivity index (χ2n) is 5.92. The van der Waals surface area contributed by atoms with Crippen molar-refractivity contribution in [2.24, 2.45) is 0 Å². The van der Waals surface area contributed by atoms with Crippen LogP contribution in [0, 0.1) is 0 Å². The molecule has 3 unspecified atom stereocenters. The van der Waals surface area contributed by atoms with Crippen LogP contribution in [-0.2, 0) is 15.5 Å². The Morgan fingerprint density at radius 2 is 2.20 bits per heavy atom. The molecule has 2 aromatic rings. The highest BCUT2D eigenvalue weighted by Crippen LogP contribution is 2.27. The summed E-state index contributed by atoms with van der Waals surface area (Å²) in [5, 5.41) is 20.5. The minimum Gasteiger partial charge on any atom is -0.507 e. The third kappa shape index (κ3) is 5.04. The zero-order valence-corrected chi connectivity index (χ0v) is 15.5. The molecule has 1 aromatic heterocycles. The summed E-state index contributed by atoms with van der Waals surface area (Å²) >= 11 is 0. The van der Waals surface area contributed by atoms with Gasteiger partial charge in [-0.25, -0.2) is 4.98 Å². The molecule has 0 fully saturated rings. The lowest BCUT2D eigenvalue weighted by atomic mass is 10.1. The van der Waals surface area contributed by atoms with Crippen molar-refractivity contribution < 1.29 is 19.2 Å². The van der Waals surface area contributed by atoms with Crippen molar-refractivity contribution in [1.82, 2.24) is 9.97 Å². The molecule has 138 valence electrons. The van der Waals surface area contributed by atoms with Crippen molar-refractivity contribution in [3.63, 3.8) is 0 Å². The minimum absolute atomic E-state index is 0.0318. The van der Waals surface area contributed by atoms with Crippen molar-refractivity contribution in [1.29, 1.82) is 0 Å². The molecule has 7 nitrogen and oxygen atoms in total. The molecule has 2 rings (SSSR count). The van der Waals surface area contributed by atoms with E-state index in [0.29, 0.717) is 23.6 Å². The van der Waals surface area contributed by atoms with E-state index in [1.807, 2.05) is 4.90 Å². The quantitative estimate of drug-likeness (QED) is 0.625. The number of aliphatic hydroxyl groups is 1. The van der Waals surface area contributed by atoms with Gasteiger partial charge in [0.25, 0.3) is 0 Å². The number of phenols is 1. The molecule has 1 aromatic carbocycles. The second-order valence-corrected chi connectivity index (χ2v) is 7.26. The number of imidazole rings is 1. The summed E-state index contributed by atoms with van der Waals surface area (Å²) < 4.78 is 16.9. The number of nitrogens with one attached hydrogen (secondary N) is 1. The maximum Gasteiger partial charge on any atom is 0.131 e. The van der Waals surface area contributed by atoms with Gasteiger partial charge in [0.05, 0.1) is 34.3 Å². The molecule has 0 saturated carbocycles. The molecule has 8 heteroatoms. The van der Waals surface area contributed by atoms with Gasteiger partial charge in [-0.1, -0.05) is 6.07 Å². The summed E-state index contributed by atoms with van der Waals surface area (Å²) in [6.07, 6.45) is 4.78. The standard InChI is InChI=1S/C17H25N3O4S/c1-12(6-7-24-2)20(17-9-18-11-19-17)10-15(22)13-4-5-14(21)16(8-13)25(3)23/h4-5,8-9,11-12,15,21-22H,6-7,10H2,1-3H3,(H,18,19). The Hall–Kier alpha value is -1.90. The van der Waals surface area contributed by atoms with Crippen LogP contribution in [0.2, 0.25) is 0 Å². The van der Waals surface area contributed by atoms with E-state index >= 15 is 0 Å². The molecule has 0 spiro atoms. The maximum atomic E-state index is 11.7. The van der Waals surface area contributed by atoms with Crippen molar-refractivity contribution >= 4 is 16.6 Å². The topological polar surface area (TPSA) is 98.7 Å². The molecule has 0 aliphatic carbocycles. The molecule has 0 aliphatic heterocycles. The molecule has 0 radical (unpaired) electrons. The number of H-pyrrole nitrogens is 1. The number of ether oxygens (including phenoxy) is 1. The largest absolute Gasteiger partial charge is 0.507 e. The first-order valence-corrected chi connectivity index (χ1v) is 9.58. The fraction of sp³-hybridized carbons (Fsp3) is 0.471. The fourth-order valence-electron chi connectivity index (χ4n) is 2.63. The van der Waals surface area contributed by atoms with Crippen LogP contribution < -0.4 is 4.90 Å². The number of rotatable bonds is 9. The lowest BCUT2D eigenvalue weighted by Crippen LogP contribution is -2.37. The van der Waals surface area contributed by atoms with Gasteiger partial charge >= 0.3 is 0 Å². The van der Waals surface area contributed by atoms with Crippen LogP contribution in [0.5, 0.6) is 5.75 Å². The molecule has 3 N–H and O–H groups in total. The summed E-state index contributed by atoms with van der Waals surface area (Å²) in [5.41, 5.74) is 0.603. The highest BCUT2D eigenvalue weighted by Gasteiger charge is 2.21. The monoisotopic (exact) mass is 367 g/mol. The van der Waals surface area contributed by atoms with E-state index in [2.05, 4.69) is 16.9 Å². The fourth-order valence-corrected chi connectivity index (χ4v) is 3.29. The van der Waals surface area contributed by atoms with E-state index in [-0.39, 0.29) is 11.8 Å². The molecule has 0 amide bonds. The van der Waals surface area contributed by atoms with E-state index in [9.17, 15) is 14.4 Å². The summed E-state index contributed by atoms with van der Waals surface area (Å²) in [5.74, 6) is 0.774. The minimum atomic E-state index is -1.33. The van der Waals surface area contributed by atoms with Crippen LogP contribution in [0.25, 0.3) is 0 Å². The average molecular weight is 367 g/mol. The number of methoxy groups -OCH3 is 1. The predicted octanol–water partition coefficient (Wildman–Crippen LogP) is 1.82. The number of aliphatic hydroxyl groups excluding tert-OH is 1. The Morgan fingerprint density at radius 3 is 2.80 bits per heavy atom. The van der Waals surface area contributed by atoms with E-state index in [0.717, 1.165) is 12.2 Å². The summed E-state index contributed by atoms with van der Waals surface area (Å²) in [6.45, 7) is 2.99. The number of benzene rings is 1. The van der Waals surface area contributed by atoms with Gasteiger partial charge in [0, 0.05) is 32.6 Å². The summed E-state index contributed by atoms with van der Waals surface area (Å²) in [4.78, 5) is 9.45. The highest BCUT2D eigenvalue weighted by atomic mass is 32.2. The van der Waals surface area contributed by atoms with Crippen molar-refractivity contribution in [2.45, 2.75) is 30.4 Å². The summed E-state index contributed by atoms with van der Waals surface area (Å²) in [7, 11) is 0.328. The van der Waals surface area contributed by atoms with Crippen molar-refractivity contribution in [2.75, 3.05) is 31.4 Å². The van der Waals surface area contributed by atoms with Gasteiger partial charge in [-0.3, -0.25) is 4.21 Å². The van der Waals surface area contributed by atoms with E-state index in [1.165, 1.54) is 12.3 Å². The number of aromatic nitrogens is 2. The Labute approximate surface area is 150 Å². The van der Waals surface area contributed by atoms with Crippen LogP contribution in [0.3, 0.4) is 0 Å². The number of aromatic hydroxyl groups is 1. The Bertz CT molecular complexity index is 693. The lowest BCUT2D eigenvalue weighted by molar-refractivity contribution is 0.169. The van der Waals surface area contributed by atoms with Crippen LogP contribution in [-0.4, -0.2) is 56.9 Å². The molecule has 0 aliphatic rings. The normalized spacial score (nSPS) is 14.9. The van der Waals surface area contributed by atoms with Gasteiger partial charge in [0.15, 0.2) is 0 Å². The third-order valence-electron chi connectivity index (χ3n) is 4.11. The van der Waals surface area contributed by atoms with Crippen LogP contribution >= 0.6 is 0 Å². The van der Waals surface area contributed by atoms with Crippen molar-refractivity contribution in [3.8, 4) is 5.75 Å². The van der Waals surface area contributed by atoms with Crippen LogP contribution in [0.4, 0.5) is 5.82 Å². The first kappa shape index (κ1) is 19.4. The SMILES string of the molecule is COCCC(C)N(CC(O)c1ccc(O)c(S(C)=O)c1)c1cnc[nH]1. The zero-order valence-electron chi connectivity index (χ0n) is 14.7. The van der Waals surface area contributed by atoms with Gasteiger partial charge in [-0.15, -0.1) is 0 Å². The average Bonchev–Trinajstić information content (AvgIpc) is 3.11. The van der Waals surface area contributed by atoms with Gasteiger partial charge in [-0.2, -0.15) is 0 Å². The van der Waals surface area contributed by atoms with Gasteiger partial charge in [-0.05, 0) is 31.0 Å². The van der Waals surface area contributed by atoms with Gasteiger partial charge in [0.2, 0.25) is 0 Å². The van der Waals surface area contributed by atoms with Crippen LogP contribution in [0.15, 0.2) is 35.6 Å². The smallest absolute Gasteiger partial charge is 0.131 e. The molecule has 0 bridgehead atoms. The van der Waals surface area contributed by atoms with Gasteiger partial charge < -0.3 is 24.8 Å². The maximum absolute atomic E-state index is 11.7. The molecule has 3 atom stereocenters. The zero-order chi connectivity index (χ0) is 18.4. The Morgan fingerprint density at radius 1 is 1.44 bits per heavy atom. The molecular weight excluding hydrogens is 342 g/mol.